The summed E-state index contributed by atoms with van der Waals surface area (Å²) in [5.74, 6) is 0. The molecule has 0 atom stereocenters. The molecule has 0 saturated carbocycles. The van der Waals surface area contributed by atoms with Crippen LogP contribution in [0.4, 0.5) is 45.5 Å². The standard InChI is InChI=1S/C50H34N4O2/c55-35-51-43-23-11-37(12-24-43)39-15-27-47(28-16-39)53(45-7-3-1-4-8-45)49-31-19-41(20-32-49)42-21-33-50(34-22-42)54(46-9-5-2-6-10-46)48-29-17-40(18-30-48)38-13-25-44(26-14-38)52-36-56/h1-34H. The molecule has 6 heteroatoms. The molecule has 0 aliphatic heterocycles. The fourth-order valence-electron chi connectivity index (χ4n) is 6.82. The summed E-state index contributed by atoms with van der Waals surface area (Å²) in [6, 6.07) is 70.1. The van der Waals surface area contributed by atoms with E-state index in [4.69, 9.17) is 0 Å². The van der Waals surface area contributed by atoms with E-state index in [1.165, 1.54) is 0 Å². The quantitative estimate of drug-likeness (QED) is 0.0985. The molecular formula is C50H34N4O2. The molecule has 0 spiro atoms. The Kier molecular flexibility index (Phi) is 10.3. The van der Waals surface area contributed by atoms with Gasteiger partial charge in [0.25, 0.3) is 0 Å². The van der Waals surface area contributed by atoms with E-state index in [9.17, 15) is 9.59 Å². The minimum absolute atomic E-state index is 0.583. The summed E-state index contributed by atoms with van der Waals surface area (Å²) in [6.07, 6.45) is 3.19. The first-order valence-electron chi connectivity index (χ1n) is 18.1. The summed E-state index contributed by atoms with van der Waals surface area (Å²) in [6.45, 7) is 0. The lowest BCUT2D eigenvalue weighted by Gasteiger charge is -2.26. The SMILES string of the molecule is O=C=Nc1ccc(-c2ccc(N(c3ccccc3)c3ccc(-c4ccc(N(c5ccccc5)c5ccc(-c6ccc(N=C=O)cc6)cc5)cc4)cc3)cc2)cc1. The van der Waals surface area contributed by atoms with Gasteiger partial charge in [0.15, 0.2) is 0 Å². The number of anilines is 6. The number of hydrogen-bond donors (Lipinski definition) is 0. The number of carbonyl (C=O) groups excluding carboxylic acids is 2. The van der Waals surface area contributed by atoms with E-state index in [0.29, 0.717) is 11.4 Å². The number of benzene rings is 8. The molecule has 8 aromatic carbocycles. The molecule has 0 aromatic heterocycles. The third kappa shape index (κ3) is 7.74. The van der Waals surface area contributed by atoms with Gasteiger partial charge in [-0.05, 0) is 130 Å². The van der Waals surface area contributed by atoms with Crippen molar-refractivity contribution in [3.63, 3.8) is 0 Å². The maximum atomic E-state index is 10.6. The topological polar surface area (TPSA) is 65.3 Å². The van der Waals surface area contributed by atoms with Crippen LogP contribution in [-0.2, 0) is 9.59 Å². The van der Waals surface area contributed by atoms with Crippen LogP contribution < -0.4 is 9.80 Å². The lowest BCUT2D eigenvalue weighted by Crippen LogP contribution is -2.10. The van der Waals surface area contributed by atoms with Crippen molar-refractivity contribution >= 4 is 57.7 Å². The van der Waals surface area contributed by atoms with Crippen LogP contribution in [-0.4, -0.2) is 12.2 Å². The highest BCUT2D eigenvalue weighted by atomic mass is 16.1. The molecular weight excluding hydrogens is 689 g/mol. The van der Waals surface area contributed by atoms with Crippen LogP contribution in [0, 0.1) is 0 Å². The third-order valence-corrected chi connectivity index (χ3v) is 9.61. The van der Waals surface area contributed by atoms with Gasteiger partial charge in [-0.3, -0.25) is 0 Å². The average molecular weight is 723 g/mol. The average Bonchev–Trinajstić information content (AvgIpc) is 3.27. The maximum absolute atomic E-state index is 10.6. The highest BCUT2D eigenvalue weighted by molar-refractivity contribution is 5.82. The third-order valence-electron chi connectivity index (χ3n) is 9.61. The Morgan fingerprint density at radius 3 is 0.714 bits per heavy atom. The largest absolute Gasteiger partial charge is 0.311 e. The second-order valence-electron chi connectivity index (χ2n) is 13.0. The van der Waals surface area contributed by atoms with E-state index in [1.54, 1.807) is 12.2 Å². The fraction of sp³-hybridized carbons (Fsp3) is 0. The molecule has 0 N–H and O–H groups in total. The second kappa shape index (κ2) is 16.4. The van der Waals surface area contributed by atoms with Gasteiger partial charge in [0.05, 0.1) is 11.4 Å². The van der Waals surface area contributed by atoms with E-state index in [0.717, 1.165) is 67.5 Å². The molecule has 0 bridgehead atoms. The fourth-order valence-corrected chi connectivity index (χ4v) is 6.82. The van der Waals surface area contributed by atoms with Gasteiger partial charge in [0, 0.05) is 34.1 Å². The molecule has 8 aromatic rings. The van der Waals surface area contributed by atoms with E-state index in [1.807, 2.05) is 60.7 Å². The van der Waals surface area contributed by atoms with Gasteiger partial charge in [-0.2, -0.15) is 9.98 Å². The predicted molar refractivity (Wildman–Crippen MR) is 228 cm³/mol. The summed E-state index contributed by atoms with van der Waals surface area (Å²) < 4.78 is 0. The zero-order valence-electron chi connectivity index (χ0n) is 30.2. The van der Waals surface area contributed by atoms with Gasteiger partial charge in [-0.25, -0.2) is 9.59 Å². The van der Waals surface area contributed by atoms with E-state index < -0.39 is 0 Å². The number of nitrogens with zero attached hydrogens (tertiary/aromatic N) is 4. The minimum Gasteiger partial charge on any atom is -0.311 e. The van der Waals surface area contributed by atoms with E-state index >= 15 is 0 Å². The Bertz CT molecular complexity index is 2440. The first-order chi connectivity index (χ1) is 27.7. The van der Waals surface area contributed by atoms with Crippen molar-refractivity contribution in [2.24, 2.45) is 9.98 Å². The van der Waals surface area contributed by atoms with Crippen LogP contribution >= 0.6 is 0 Å². The lowest BCUT2D eigenvalue weighted by molar-refractivity contribution is 0.564. The number of hydrogen-bond acceptors (Lipinski definition) is 6. The normalized spacial score (nSPS) is 10.5. The molecule has 0 aliphatic carbocycles. The van der Waals surface area contributed by atoms with Gasteiger partial charge < -0.3 is 9.80 Å². The van der Waals surface area contributed by atoms with Crippen molar-refractivity contribution in [3.8, 4) is 33.4 Å². The Labute approximate surface area is 325 Å². The Morgan fingerprint density at radius 1 is 0.268 bits per heavy atom. The highest BCUT2D eigenvalue weighted by Crippen LogP contribution is 2.39. The van der Waals surface area contributed by atoms with E-state index in [-0.39, 0.29) is 0 Å². The van der Waals surface area contributed by atoms with Gasteiger partial charge in [0.1, 0.15) is 0 Å². The molecule has 56 heavy (non-hydrogen) atoms. The first-order valence-corrected chi connectivity index (χ1v) is 18.1. The molecule has 0 heterocycles. The summed E-state index contributed by atoms with van der Waals surface area (Å²) in [4.78, 5) is 33.2. The van der Waals surface area contributed by atoms with Crippen molar-refractivity contribution in [3.05, 3.63) is 206 Å². The molecule has 0 fully saturated rings. The van der Waals surface area contributed by atoms with Crippen molar-refractivity contribution in [2.75, 3.05) is 9.80 Å². The van der Waals surface area contributed by atoms with E-state index in [2.05, 4.69) is 165 Å². The van der Waals surface area contributed by atoms with Crippen molar-refractivity contribution in [2.45, 2.75) is 0 Å². The molecule has 266 valence electrons. The van der Waals surface area contributed by atoms with Crippen molar-refractivity contribution < 1.29 is 9.59 Å². The van der Waals surface area contributed by atoms with Gasteiger partial charge in [0.2, 0.25) is 12.2 Å². The summed E-state index contributed by atoms with van der Waals surface area (Å²) in [7, 11) is 0. The lowest BCUT2D eigenvalue weighted by atomic mass is 10.0. The Hall–Kier alpha value is -7.88. The highest BCUT2D eigenvalue weighted by Gasteiger charge is 2.15. The van der Waals surface area contributed by atoms with Crippen LogP contribution in [0.5, 0.6) is 0 Å². The van der Waals surface area contributed by atoms with Gasteiger partial charge in [-0.1, -0.05) is 109 Å². The smallest absolute Gasteiger partial charge is 0.240 e. The predicted octanol–water partition coefficient (Wildman–Crippen LogP) is 13.6. The Morgan fingerprint density at radius 2 is 0.482 bits per heavy atom. The number of para-hydroxylation sites is 2. The Balaban J connectivity index is 1.05. The van der Waals surface area contributed by atoms with Crippen LogP contribution in [0.2, 0.25) is 0 Å². The van der Waals surface area contributed by atoms with Gasteiger partial charge >= 0.3 is 0 Å². The zero-order valence-corrected chi connectivity index (χ0v) is 30.2. The number of isocyanates is 2. The summed E-state index contributed by atoms with van der Waals surface area (Å²) in [5.41, 5.74) is 13.9. The monoisotopic (exact) mass is 722 g/mol. The number of aliphatic imine (C=N–C) groups is 2. The van der Waals surface area contributed by atoms with Crippen LogP contribution in [0.15, 0.2) is 216 Å². The number of rotatable bonds is 11. The first kappa shape index (κ1) is 35.2. The van der Waals surface area contributed by atoms with Crippen LogP contribution in [0.1, 0.15) is 0 Å². The second-order valence-corrected chi connectivity index (χ2v) is 13.0. The molecule has 0 radical (unpaired) electrons. The molecule has 6 nitrogen and oxygen atoms in total. The summed E-state index contributed by atoms with van der Waals surface area (Å²) >= 11 is 0. The molecule has 0 unspecified atom stereocenters. The zero-order chi connectivity index (χ0) is 38.1. The van der Waals surface area contributed by atoms with Gasteiger partial charge in [-0.15, -0.1) is 0 Å². The molecule has 0 saturated heterocycles. The molecule has 8 rings (SSSR count). The van der Waals surface area contributed by atoms with Crippen molar-refractivity contribution in [1.82, 2.24) is 0 Å². The summed E-state index contributed by atoms with van der Waals surface area (Å²) in [5, 5.41) is 0. The molecule has 0 amide bonds. The minimum atomic E-state index is 0.583. The van der Waals surface area contributed by atoms with Crippen molar-refractivity contribution in [1.29, 1.82) is 0 Å². The van der Waals surface area contributed by atoms with Crippen LogP contribution in [0.25, 0.3) is 33.4 Å². The maximum Gasteiger partial charge on any atom is 0.240 e. The molecule has 0 aliphatic rings. The van der Waals surface area contributed by atoms with Crippen LogP contribution in [0.3, 0.4) is 0 Å².